The fourth-order valence-electron chi connectivity index (χ4n) is 2.57. The Kier molecular flexibility index (Phi) is 5.40. The highest BCUT2D eigenvalue weighted by Gasteiger charge is 2.20. The Morgan fingerprint density at radius 1 is 1.38 bits per heavy atom. The highest BCUT2D eigenvalue weighted by Crippen LogP contribution is 2.29. The Balaban J connectivity index is 1.83. The van der Waals surface area contributed by atoms with Crippen LogP contribution in [0.25, 0.3) is 11.3 Å². The van der Waals surface area contributed by atoms with E-state index < -0.39 is 28.5 Å². The Labute approximate surface area is 150 Å². The normalized spacial score (nSPS) is 16.9. The van der Waals surface area contributed by atoms with Gasteiger partial charge in [-0.3, -0.25) is 4.21 Å². The summed E-state index contributed by atoms with van der Waals surface area (Å²) in [6, 6.07) is 2.33. The molecular formula is C16H16F2N4O3S. The molecule has 1 aliphatic rings. The van der Waals surface area contributed by atoms with Gasteiger partial charge in [-0.05, 0) is 12.0 Å². The predicted molar refractivity (Wildman–Crippen MR) is 91.0 cm³/mol. The summed E-state index contributed by atoms with van der Waals surface area (Å²) in [6.45, 7) is 0.0692. The minimum atomic E-state index is -0.968. The number of hydrogen-bond acceptors (Lipinski definition) is 5. The molecule has 0 saturated carbocycles. The number of carbonyl (C=O) groups excluding carboxylic acids is 1. The first-order valence-corrected chi connectivity index (χ1v) is 9.23. The van der Waals surface area contributed by atoms with E-state index >= 15 is 0 Å². The molecule has 0 bridgehead atoms. The zero-order chi connectivity index (χ0) is 18.7. The van der Waals surface area contributed by atoms with Crippen LogP contribution in [-0.4, -0.2) is 43.9 Å². The van der Waals surface area contributed by atoms with Crippen molar-refractivity contribution in [3.05, 3.63) is 47.3 Å². The number of ether oxygens (including phenoxy) is 1. The Bertz CT molecular complexity index is 874. The second-order valence-electron chi connectivity index (χ2n) is 5.57. The minimum absolute atomic E-state index is 0.0692. The number of benzene rings is 1. The molecule has 3 rings (SSSR count). The number of rotatable bonds is 4. The van der Waals surface area contributed by atoms with Crippen molar-refractivity contribution in [2.75, 3.05) is 18.6 Å². The molecule has 1 amide bonds. The van der Waals surface area contributed by atoms with Gasteiger partial charge >= 0.3 is 6.09 Å². The molecule has 1 aromatic heterocycles. The molecule has 10 heteroatoms. The number of amides is 1. The van der Waals surface area contributed by atoms with Crippen molar-refractivity contribution in [2.45, 2.75) is 13.0 Å². The smallest absolute Gasteiger partial charge is 0.407 e. The first kappa shape index (κ1) is 18.2. The number of allylic oxidation sites excluding steroid dienone is 1. The van der Waals surface area contributed by atoms with Crippen LogP contribution in [0.4, 0.5) is 13.6 Å². The number of methoxy groups -OCH3 is 1. The molecule has 1 N–H and O–H groups in total. The Morgan fingerprint density at radius 2 is 2.12 bits per heavy atom. The first-order chi connectivity index (χ1) is 12.5. The van der Waals surface area contributed by atoms with Crippen LogP contribution in [0.15, 0.2) is 24.4 Å². The fraction of sp³-hybridized carbons (Fsp3) is 0.312. The van der Waals surface area contributed by atoms with Crippen molar-refractivity contribution < 1.29 is 22.5 Å². The maximum Gasteiger partial charge on any atom is 0.407 e. The van der Waals surface area contributed by atoms with Crippen LogP contribution in [0.1, 0.15) is 17.7 Å². The summed E-state index contributed by atoms with van der Waals surface area (Å²) in [5.41, 5.74) is 0.990. The van der Waals surface area contributed by atoms with E-state index in [9.17, 15) is 17.8 Å². The number of carbonyl (C=O) groups is 1. The Hall–Kier alpha value is -2.62. The number of hydrogen-bond donors (Lipinski definition) is 1. The monoisotopic (exact) mass is 382 g/mol. The topological polar surface area (TPSA) is 86.1 Å². The molecule has 7 nitrogen and oxygen atoms in total. The van der Waals surface area contributed by atoms with Crippen molar-refractivity contribution in [1.82, 2.24) is 20.3 Å². The average Bonchev–Trinajstić information content (AvgIpc) is 3.09. The van der Waals surface area contributed by atoms with E-state index in [4.69, 9.17) is 0 Å². The van der Waals surface area contributed by atoms with E-state index in [0.717, 1.165) is 12.1 Å². The van der Waals surface area contributed by atoms with Crippen LogP contribution in [0, 0.1) is 11.6 Å². The van der Waals surface area contributed by atoms with Crippen molar-refractivity contribution in [1.29, 1.82) is 0 Å². The van der Waals surface area contributed by atoms with Gasteiger partial charge in [0.05, 0.1) is 25.5 Å². The molecule has 1 atom stereocenters. The van der Waals surface area contributed by atoms with Gasteiger partial charge in [-0.15, -0.1) is 5.10 Å². The number of aromatic nitrogens is 3. The third-order valence-electron chi connectivity index (χ3n) is 3.87. The van der Waals surface area contributed by atoms with E-state index in [-0.39, 0.29) is 17.8 Å². The van der Waals surface area contributed by atoms with Gasteiger partial charge in [0.1, 0.15) is 17.3 Å². The zero-order valence-corrected chi connectivity index (χ0v) is 14.7. The lowest BCUT2D eigenvalue weighted by Crippen LogP contribution is -2.22. The maximum atomic E-state index is 14.5. The summed E-state index contributed by atoms with van der Waals surface area (Å²) in [4.78, 5) is 11.0. The lowest BCUT2D eigenvalue weighted by molar-refractivity contribution is 0.170. The second-order valence-corrected chi connectivity index (χ2v) is 7.20. The molecular weight excluding hydrogens is 366 g/mol. The van der Waals surface area contributed by atoms with Gasteiger partial charge in [0, 0.05) is 40.0 Å². The van der Waals surface area contributed by atoms with Gasteiger partial charge in [0.15, 0.2) is 0 Å². The van der Waals surface area contributed by atoms with Crippen molar-refractivity contribution >= 4 is 22.5 Å². The van der Waals surface area contributed by atoms with Crippen LogP contribution in [0.5, 0.6) is 0 Å². The van der Waals surface area contributed by atoms with Gasteiger partial charge in [0.25, 0.3) is 0 Å². The molecule has 2 heterocycles. The molecule has 138 valence electrons. The van der Waals surface area contributed by atoms with Gasteiger partial charge < -0.3 is 10.1 Å². The largest absolute Gasteiger partial charge is 0.453 e. The summed E-state index contributed by atoms with van der Waals surface area (Å²) in [5.74, 6) is -0.742. The lowest BCUT2D eigenvalue weighted by atomic mass is 10.0. The standard InChI is InChI=1S/C16H16F2N4O3S/c1-25-16(23)19-8-11-9-22(21-20-11)12-6-13(17)15(14(18)7-12)10-2-4-26(24)5-3-10/h2,6-7,9H,3-5,8H2,1H3,(H,19,23). The fourth-order valence-corrected chi connectivity index (χ4v) is 3.57. The minimum Gasteiger partial charge on any atom is -0.453 e. The highest BCUT2D eigenvalue weighted by molar-refractivity contribution is 7.85. The SMILES string of the molecule is COC(=O)NCc1cn(-c2cc(F)c(C3=CCS(=O)CC3)c(F)c2)nn1. The van der Waals surface area contributed by atoms with Crippen molar-refractivity contribution in [2.24, 2.45) is 0 Å². The summed E-state index contributed by atoms with van der Waals surface area (Å²) >= 11 is 0. The molecule has 26 heavy (non-hydrogen) atoms. The molecule has 0 aliphatic carbocycles. The van der Waals surface area contributed by atoms with E-state index in [2.05, 4.69) is 20.4 Å². The van der Waals surface area contributed by atoms with Crippen molar-refractivity contribution in [3.63, 3.8) is 0 Å². The molecule has 2 aromatic rings. The first-order valence-electron chi connectivity index (χ1n) is 7.74. The molecule has 0 radical (unpaired) electrons. The predicted octanol–water partition coefficient (Wildman–Crippen LogP) is 1.94. The van der Waals surface area contributed by atoms with E-state index in [0.29, 0.717) is 29.2 Å². The molecule has 0 fully saturated rings. The van der Waals surface area contributed by atoms with Gasteiger partial charge in [0.2, 0.25) is 0 Å². The third kappa shape index (κ3) is 3.96. The number of nitrogens with one attached hydrogen (secondary N) is 1. The molecule has 1 aliphatic heterocycles. The highest BCUT2D eigenvalue weighted by atomic mass is 32.2. The van der Waals surface area contributed by atoms with Crippen LogP contribution in [0.3, 0.4) is 0 Å². The van der Waals surface area contributed by atoms with Gasteiger partial charge in [-0.25, -0.2) is 18.3 Å². The van der Waals surface area contributed by atoms with Crippen LogP contribution in [-0.2, 0) is 22.1 Å². The number of halogens is 2. The summed E-state index contributed by atoms with van der Waals surface area (Å²) < 4.78 is 46.0. The van der Waals surface area contributed by atoms with E-state index in [1.807, 2.05) is 0 Å². The van der Waals surface area contributed by atoms with Crippen LogP contribution in [0.2, 0.25) is 0 Å². The van der Waals surface area contributed by atoms with Gasteiger partial charge in [-0.1, -0.05) is 11.3 Å². The zero-order valence-electron chi connectivity index (χ0n) is 13.9. The lowest BCUT2D eigenvalue weighted by Gasteiger charge is -2.15. The van der Waals surface area contributed by atoms with E-state index in [1.165, 1.54) is 18.0 Å². The van der Waals surface area contributed by atoms with E-state index in [1.54, 1.807) is 6.08 Å². The second kappa shape index (κ2) is 7.73. The number of nitrogens with zero attached hydrogens (tertiary/aromatic N) is 3. The maximum absolute atomic E-state index is 14.5. The van der Waals surface area contributed by atoms with Crippen molar-refractivity contribution in [3.8, 4) is 5.69 Å². The van der Waals surface area contributed by atoms with Gasteiger partial charge in [-0.2, -0.15) is 0 Å². The summed E-state index contributed by atoms with van der Waals surface area (Å²) in [7, 11) is 0.267. The third-order valence-corrected chi connectivity index (χ3v) is 5.07. The van der Waals surface area contributed by atoms with Crippen LogP contribution >= 0.6 is 0 Å². The molecule has 0 saturated heterocycles. The molecule has 0 spiro atoms. The summed E-state index contributed by atoms with van der Waals surface area (Å²) in [5, 5.41) is 10.1. The number of alkyl carbamates (subject to hydrolysis) is 1. The summed E-state index contributed by atoms with van der Waals surface area (Å²) in [6.07, 6.45) is 2.81. The van der Waals surface area contributed by atoms with Crippen LogP contribution < -0.4 is 5.32 Å². The molecule has 1 aromatic carbocycles. The average molecular weight is 382 g/mol. The molecule has 1 unspecified atom stereocenters. The Morgan fingerprint density at radius 3 is 2.73 bits per heavy atom. The quantitative estimate of drug-likeness (QED) is 0.873.